The summed E-state index contributed by atoms with van der Waals surface area (Å²) in [4.78, 5) is 5.60. The topological polar surface area (TPSA) is 12.9 Å². The van der Waals surface area contributed by atoms with Gasteiger partial charge in [-0.05, 0) is 30.7 Å². The molecule has 2 rings (SSSR count). The van der Waals surface area contributed by atoms with Gasteiger partial charge in [-0.1, -0.05) is 12.1 Å². The Hall–Kier alpha value is -1.02. The van der Waals surface area contributed by atoms with Crippen LogP contribution in [0, 0.1) is 6.92 Å². The zero-order valence-corrected chi connectivity index (χ0v) is 8.56. The summed E-state index contributed by atoms with van der Waals surface area (Å²) in [5, 5.41) is 2.57. The van der Waals surface area contributed by atoms with Crippen LogP contribution >= 0.6 is 11.8 Å². The van der Waals surface area contributed by atoms with Gasteiger partial charge < -0.3 is 0 Å². The van der Waals surface area contributed by atoms with E-state index in [0.29, 0.717) is 0 Å². The lowest BCUT2D eigenvalue weighted by Crippen LogP contribution is -1.84. The number of benzene rings is 1. The summed E-state index contributed by atoms with van der Waals surface area (Å²) in [7, 11) is 0. The quantitative estimate of drug-likeness (QED) is 0.639. The molecule has 0 aliphatic rings. The third-order valence-corrected chi connectivity index (χ3v) is 2.98. The predicted octanol–water partition coefficient (Wildman–Crippen LogP) is 3.27. The first kappa shape index (κ1) is 8.57. The first-order chi connectivity index (χ1) is 6.33. The lowest BCUT2D eigenvalue weighted by atomic mass is 10.1. The fourth-order valence-electron chi connectivity index (χ4n) is 1.50. The molecule has 0 saturated carbocycles. The zero-order valence-electron chi connectivity index (χ0n) is 7.74. The highest BCUT2D eigenvalue weighted by Crippen LogP contribution is 2.26. The van der Waals surface area contributed by atoms with Crippen molar-refractivity contribution >= 4 is 22.5 Å². The average molecular weight is 189 g/mol. The number of hydrogen-bond acceptors (Lipinski definition) is 2. The minimum absolute atomic E-state index is 1.10. The van der Waals surface area contributed by atoms with Crippen molar-refractivity contribution in [3.05, 3.63) is 36.2 Å². The number of pyridine rings is 1. The molecule has 1 aromatic heterocycles. The zero-order chi connectivity index (χ0) is 9.26. The Morgan fingerprint density at radius 1 is 1.15 bits per heavy atom. The van der Waals surface area contributed by atoms with E-state index in [1.165, 1.54) is 15.7 Å². The van der Waals surface area contributed by atoms with Gasteiger partial charge in [-0.2, -0.15) is 0 Å². The number of rotatable bonds is 1. The Morgan fingerprint density at radius 2 is 2.00 bits per heavy atom. The highest BCUT2D eigenvalue weighted by molar-refractivity contribution is 7.98. The van der Waals surface area contributed by atoms with Gasteiger partial charge in [0.05, 0.1) is 0 Å². The van der Waals surface area contributed by atoms with Crippen LogP contribution in [0.15, 0.2) is 35.4 Å². The van der Waals surface area contributed by atoms with Gasteiger partial charge in [0.1, 0.15) is 0 Å². The predicted molar refractivity (Wildman–Crippen MR) is 58.3 cm³/mol. The van der Waals surface area contributed by atoms with Crippen molar-refractivity contribution in [3.8, 4) is 0 Å². The number of thioether (sulfide) groups is 1. The molecule has 0 atom stereocenters. The Balaban J connectivity index is 2.84. The minimum atomic E-state index is 1.10. The second-order valence-electron chi connectivity index (χ2n) is 2.95. The van der Waals surface area contributed by atoms with Crippen LogP contribution in [0.1, 0.15) is 5.69 Å². The first-order valence-electron chi connectivity index (χ1n) is 4.21. The second-order valence-corrected chi connectivity index (χ2v) is 3.80. The van der Waals surface area contributed by atoms with Gasteiger partial charge in [0.2, 0.25) is 0 Å². The standard InChI is InChI=1S/C11H11NS/c1-8-9-4-3-5-11(13-2)10(9)6-7-12-8/h3-7H,1-2H3. The van der Waals surface area contributed by atoms with E-state index >= 15 is 0 Å². The van der Waals surface area contributed by atoms with Crippen molar-refractivity contribution in [1.29, 1.82) is 0 Å². The Kier molecular flexibility index (Phi) is 2.23. The molecular weight excluding hydrogens is 178 g/mol. The normalized spacial score (nSPS) is 10.6. The summed E-state index contributed by atoms with van der Waals surface area (Å²) in [6, 6.07) is 8.43. The Labute approximate surface area is 82.2 Å². The molecule has 1 aromatic carbocycles. The van der Waals surface area contributed by atoms with E-state index in [0.717, 1.165) is 5.69 Å². The van der Waals surface area contributed by atoms with E-state index in [2.05, 4.69) is 35.5 Å². The molecule has 0 unspecified atom stereocenters. The maximum Gasteiger partial charge on any atom is 0.0451 e. The smallest absolute Gasteiger partial charge is 0.0451 e. The van der Waals surface area contributed by atoms with Gasteiger partial charge in [0.15, 0.2) is 0 Å². The molecular formula is C11H11NS. The fourth-order valence-corrected chi connectivity index (χ4v) is 2.12. The number of nitrogens with zero attached hydrogens (tertiary/aromatic N) is 1. The summed E-state index contributed by atoms with van der Waals surface area (Å²) >= 11 is 1.78. The maximum atomic E-state index is 4.27. The van der Waals surface area contributed by atoms with Crippen LogP contribution in [-0.4, -0.2) is 11.2 Å². The molecule has 1 heterocycles. The highest BCUT2D eigenvalue weighted by Gasteiger charge is 2.00. The number of aryl methyl sites for hydroxylation is 1. The van der Waals surface area contributed by atoms with E-state index < -0.39 is 0 Å². The fraction of sp³-hybridized carbons (Fsp3) is 0.182. The second kappa shape index (κ2) is 3.38. The number of fused-ring (bicyclic) bond motifs is 1. The van der Waals surface area contributed by atoms with E-state index in [1.807, 2.05) is 13.1 Å². The molecule has 2 aromatic rings. The summed E-state index contributed by atoms with van der Waals surface area (Å²) in [6.07, 6.45) is 3.97. The third-order valence-electron chi connectivity index (χ3n) is 2.19. The molecule has 0 amide bonds. The molecule has 0 aliphatic carbocycles. The summed E-state index contributed by atoms with van der Waals surface area (Å²) in [6.45, 7) is 2.05. The molecule has 66 valence electrons. The van der Waals surface area contributed by atoms with Gasteiger partial charge in [-0.3, -0.25) is 4.98 Å². The van der Waals surface area contributed by atoms with Crippen molar-refractivity contribution in [2.24, 2.45) is 0 Å². The van der Waals surface area contributed by atoms with Crippen LogP contribution < -0.4 is 0 Å². The Bertz CT molecular complexity index is 437. The largest absolute Gasteiger partial charge is 0.261 e. The SMILES string of the molecule is CSc1cccc2c(C)nccc12. The van der Waals surface area contributed by atoms with Crippen LogP contribution in [0.5, 0.6) is 0 Å². The van der Waals surface area contributed by atoms with Crippen LogP contribution in [0.3, 0.4) is 0 Å². The van der Waals surface area contributed by atoms with E-state index in [-0.39, 0.29) is 0 Å². The number of aromatic nitrogens is 1. The first-order valence-corrected chi connectivity index (χ1v) is 5.43. The van der Waals surface area contributed by atoms with Gasteiger partial charge in [0, 0.05) is 22.2 Å². The minimum Gasteiger partial charge on any atom is -0.261 e. The third kappa shape index (κ3) is 1.42. The molecule has 0 spiro atoms. The van der Waals surface area contributed by atoms with E-state index in [9.17, 15) is 0 Å². The molecule has 2 heteroatoms. The van der Waals surface area contributed by atoms with Crippen molar-refractivity contribution in [1.82, 2.24) is 4.98 Å². The van der Waals surface area contributed by atoms with Crippen molar-refractivity contribution in [3.63, 3.8) is 0 Å². The lowest BCUT2D eigenvalue weighted by molar-refractivity contribution is 1.23. The Morgan fingerprint density at radius 3 is 2.77 bits per heavy atom. The van der Waals surface area contributed by atoms with Gasteiger partial charge in [-0.15, -0.1) is 11.8 Å². The van der Waals surface area contributed by atoms with Crippen LogP contribution in [0.2, 0.25) is 0 Å². The molecule has 0 N–H and O–H groups in total. The molecule has 0 aliphatic heterocycles. The maximum absolute atomic E-state index is 4.27. The molecule has 0 radical (unpaired) electrons. The summed E-state index contributed by atoms with van der Waals surface area (Å²) in [5.41, 5.74) is 1.10. The van der Waals surface area contributed by atoms with Gasteiger partial charge in [-0.25, -0.2) is 0 Å². The summed E-state index contributed by atoms with van der Waals surface area (Å²) in [5.74, 6) is 0. The van der Waals surface area contributed by atoms with Gasteiger partial charge >= 0.3 is 0 Å². The number of hydrogen-bond donors (Lipinski definition) is 0. The van der Waals surface area contributed by atoms with Crippen LogP contribution in [-0.2, 0) is 0 Å². The van der Waals surface area contributed by atoms with Crippen LogP contribution in [0.4, 0.5) is 0 Å². The van der Waals surface area contributed by atoms with E-state index in [1.54, 1.807) is 11.8 Å². The lowest BCUT2D eigenvalue weighted by Gasteiger charge is -2.04. The van der Waals surface area contributed by atoms with Crippen molar-refractivity contribution in [2.45, 2.75) is 11.8 Å². The molecule has 0 bridgehead atoms. The average Bonchev–Trinajstić information content (AvgIpc) is 2.18. The van der Waals surface area contributed by atoms with Crippen molar-refractivity contribution in [2.75, 3.05) is 6.26 Å². The van der Waals surface area contributed by atoms with Crippen LogP contribution in [0.25, 0.3) is 10.8 Å². The van der Waals surface area contributed by atoms with Gasteiger partial charge in [0.25, 0.3) is 0 Å². The molecule has 13 heavy (non-hydrogen) atoms. The monoisotopic (exact) mass is 189 g/mol. The molecule has 1 nitrogen and oxygen atoms in total. The van der Waals surface area contributed by atoms with Crippen molar-refractivity contribution < 1.29 is 0 Å². The highest BCUT2D eigenvalue weighted by atomic mass is 32.2. The van der Waals surface area contributed by atoms with E-state index in [4.69, 9.17) is 0 Å². The summed E-state index contributed by atoms with van der Waals surface area (Å²) < 4.78 is 0. The molecule has 0 fully saturated rings. The molecule has 0 saturated heterocycles.